The van der Waals surface area contributed by atoms with Gasteiger partial charge in [0.25, 0.3) is 0 Å². The molecule has 2 aromatic heterocycles. The van der Waals surface area contributed by atoms with Gasteiger partial charge in [-0.05, 0) is 29.8 Å². The van der Waals surface area contributed by atoms with Gasteiger partial charge in [-0.15, -0.1) is 0 Å². The van der Waals surface area contributed by atoms with Crippen LogP contribution in [-0.4, -0.2) is 20.7 Å². The third kappa shape index (κ3) is 3.47. The first kappa shape index (κ1) is 16.0. The van der Waals surface area contributed by atoms with E-state index in [2.05, 4.69) is 10.1 Å². The predicted octanol–water partition coefficient (Wildman–Crippen LogP) is 3.84. The quantitative estimate of drug-likeness (QED) is 0.517. The summed E-state index contributed by atoms with van der Waals surface area (Å²) in [7, 11) is 0. The molecule has 0 atom stereocenters. The molecule has 5 heteroatoms. The van der Waals surface area contributed by atoms with Crippen LogP contribution in [0.4, 0.5) is 0 Å². The van der Waals surface area contributed by atoms with Gasteiger partial charge in [0.1, 0.15) is 6.61 Å². The smallest absolute Gasteiger partial charge is 0.338 e. The maximum Gasteiger partial charge on any atom is 0.338 e. The number of rotatable bonds is 5. The van der Waals surface area contributed by atoms with Crippen LogP contribution in [0.2, 0.25) is 0 Å². The molecular formula is C21H17N3O2. The van der Waals surface area contributed by atoms with E-state index in [-0.39, 0.29) is 12.6 Å². The van der Waals surface area contributed by atoms with Crippen molar-refractivity contribution < 1.29 is 9.53 Å². The summed E-state index contributed by atoms with van der Waals surface area (Å²) in [6.45, 7) is 0.867. The van der Waals surface area contributed by atoms with E-state index >= 15 is 0 Å². The van der Waals surface area contributed by atoms with Crippen LogP contribution in [-0.2, 0) is 17.9 Å². The minimum atomic E-state index is -0.344. The van der Waals surface area contributed by atoms with Crippen LogP contribution >= 0.6 is 0 Å². The molecule has 0 fully saturated rings. The van der Waals surface area contributed by atoms with Gasteiger partial charge in [-0.3, -0.25) is 9.67 Å². The van der Waals surface area contributed by atoms with Crippen LogP contribution in [0.15, 0.2) is 79.3 Å². The van der Waals surface area contributed by atoms with Crippen molar-refractivity contribution in [1.29, 1.82) is 0 Å². The topological polar surface area (TPSA) is 57.0 Å². The van der Waals surface area contributed by atoms with Crippen molar-refractivity contribution in [2.24, 2.45) is 0 Å². The van der Waals surface area contributed by atoms with Crippen molar-refractivity contribution in [3.63, 3.8) is 0 Å². The van der Waals surface area contributed by atoms with E-state index in [1.807, 2.05) is 59.4 Å². The highest BCUT2D eigenvalue weighted by molar-refractivity contribution is 5.89. The number of benzene rings is 2. The molecule has 4 rings (SSSR count). The van der Waals surface area contributed by atoms with Crippen molar-refractivity contribution in [2.75, 3.05) is 0 Å². The molecule has 5 nitrogen and oxygen atoms in total. The van der Waals surface area contributed by atoms with Crippen molar-refractivity contribution >= 4 is 16.9 Å². The number of para-hydroxylation sites is 1. The molecule has 0 amide bonds. The molecule has 0 bridgehead atoms. The maximum absolute atomic E-state index is 12.3. The highest BCUT2D eigenvalue weighted by Gasteiger charge is 2.09. The molecule has 0 N–H and O–H groups in total. The summed E-state index contributed by atoms with van der Waals surface area (Å²) in [6, 6.07) is 19.0. The molecular weight excluding hydrogens is 326 g/mol. The lowest BCUT2D eigenvalue weighted by Gasteiger charge is -2.08. The van der Waals surface area contributed by atoms with Gasteiger partial charge in [0.2, 0.25) is 0 Å². The molecule has 0 spiro atoms. The Kier molecular flexibility index (Phi) is 4.43. The Bertz CT molecular complexity index is 1020. The Morgan fingerprint density at radius 1 is 0.962 bits per heavy atom. The number of fused-ring (bicyclic) bond motifs is 1. The molecule has 0 aliphatic heterocycles. The average Bonchev–Trinajstić information content (AvgIpc) is 3.19. The van der Waals surface area contributed by atoms with Crippen LogP contribution in [0.25, 0.3) is 10.9 Å². The number of aromatic nitrogens is 3. The summed E-state index contributed by atoms with van der Waals surface area (Å²) in [5.41, 5.74) is 3.36. The van der Waals surface area contributed by atoms with Gasteiger partial charge >= 0.3 is 5.97 Å². The summed E-state index contributed by atoms with van der Waals surface area (Å²) in [4.78, 5) is 16.7. The molecule has 0 saturated carbocycles. The number of hydrogen-bond acceptors (Lipinski definition) is 4. The number of pyridine rings is 1. The Hall–Kier alpha value is -3.47. The number of nitrogens with zero attached hydrogens (tertiary/aromatic N) is 3. The van der Waals surface area contributed by atoms with E-state index in [1.54, 1.807) is 24.5 Å². The Morgan fingerprint density at radius 3 is 2.62 bits per heavy atom. The van der Waals surface area contributed by atoms with E-state index in [1.165, 1.54) is 0 Å². The van der Waals surface area contributed by atoms with Crippen LogP contribution in [0.1, 0.15) is 21.5 Å². The third-order valence-electron chi connectivity index (χ3n) is 4.17. The van der Waals surface area contributed by atoms with Crippen LogP contribution in [0.3, 0.4) is 0 Å². The monoisotopic (exact) mass is 343 g/mol. The summed E-state index contributed by atoms with van der Waals surface area (Å²) in [5.74, 6) is -0.344. The predicted molar refractivity (Wildman–Crippen MR) is 98.6 cm³/mol. The first-order valence-electron chi connectivity index (χ1n) is 8.36. The second-order valence-electron chi connectivity index (χ2n) is 5.97. The van der Waals surface area contributed by atoms with Gasteiger partial charge in [0.05, 0.1) is 17.6 Å². The first-order valence-corrected chi connectivity index (χ1v) is 8.36. The Labute approximate surface area is 150 Å². The van der Waals surface area contributed by atoms with Gasteiger partial charge in [-0.25, -0.2) is 4.79 Å². The third-order valence-corrected chi connectivity index (χ3v) is 4.17. The van der Waals surface area contributed by atoms with Crippen molar-refractivity contribution in [3.8, 4) is 0 Å². The lowest BCUT2D eigenvalue weighted by molar-refractivity contribution is 0.0474. The van der Waals surface area contributed by atoms with Gasteiger partial charge in [0, 0.05) is 29.5 Å². The fraction of sp³-hybridized carbons (Fsp3) is 0.0952. The number of carbonyl (C=O) groups excluding carboxylic acids is 1. The number of hydrogen-bond donors (Lipinski definition) is 0. The molecule has 0 radical (unpaired) electrons. The lowest BCUT2D eigenvalue weighted by Crippen LogP contribution is -2.06. The van der Waals surface area contributed by atoms with E-state index in [4.69, 9.17) is 4.74 Å². The lowest BCUT2D eigenvalue weighted by atomic mass is 10.1. The zero-order valence-electron chi connectivity index (χ0n) is 14.1. The van der Waals surface area contributed by atoms with Gasteiger partial charge < -0.3 is 4.74 Å². The molecule has 128 valence electrons. The Morgan fingerprint density at radius 2 is 1.81 bits per heavy atom. The standard InChI is InChI=1S/C21H17N3O2/c25-21(18-9-7-16(8-10-18)14-24-13-3-12-23-24)26-15-19-5-1-4-17-6-2-11-22-20(17)19/h1-13H,14-15H2. The summed E-state index contributed by atoms with van der Waals surface area (Å²) < 4.78 is 7.31. The van der Waals surface area contributed by atoms with Gasteiger partial charge in [-0.1, -0.05) is 36.4 Å². The van der Waals surface area contributed by atoms with E-state index in [0.29, 0.717) is 12.1 Å². The SMILES string of the molecule is O=C(OCc1cccc2cccnc12)c1ccc(Cn2cccn2)cc1. The molecule has 0 aliphatic rings. The molecule has 0 aliphatic carbocycles. The van der Waals surface area contributed by atoms with Crippen LogP contribution in [0.5, 0.6) is 0 Å². The fourth-order valence-corrected chi connectivity index (χ4v) is 2.84. The molecule has 4 aromatic rings. The maximum atomic E-state index is 12.3. The number of esters is 1. The van der Waals surface area contributed by atoms with Crippen molar-refractivity contribution in [1.82, 2.24) is 14.8 Å². The largest absolute Gasteiger partial charge is 0.457 e. The second kappa shape index (κ2) is 7.19. The number of carbonyl (C=O) groups is 1. The fourth-order valence-electron chi connectivity index (χ4n) is 2.84. The van der Waals surface area contributed by atoms with Gasteiger partial charge in [-0.2, -0.15) is 5.10 Å². The van der Waals surface area contributed by atoms with E-state index in [0.717, 1.165) is 22.0 Å². The highest BCUT2D eigenvalue weighted by Crippen LogP contribution is 2.17. The second-order valence-corrected chi connectivity index (χ2v) is 5.97. The highest BCUT2D eigenvalue weighted by atomic mass is 16.5. The normalized spacial score (nSPS) is 10.8. The Balaban J connectivity index is 1.43. The molecule has 0 unspecified atom stereocenters. The minimum Gasteiger partial charge on any atom is -0.457 e. The molecule has 2 aromatic carbocycles. The first-order chi connectivity index (χ1) is 12.8. The summed E-state index contributed by atoms with van der Waals surface area (Å²) in [5, 5.41) is 5.21. The van der Waals surface area contributed by atoms with E-state index < -0.39 is 0 Å². The van der Waals surface area contributed by atoms with Crippen molar-refractivity contribution in [3.05, 3.63) is 95.9 Å². The van der Waals surface area contributed by atoms with Gasteiger partial charge in [0.15, 0.2) is 0 Å². The van der Waals surface area contributed by atoms with Crippen LogP contribution < -0.4 is 0 Å². The molecule has 26 heavy (non-hydrogen) atoms. The average molecular weight is 343 g/mol. The minimum absolute atomic E-state index is 0.197. The summed E-state index contributed by atoms with van der Waals surface area (Å²) >= 11 is 0. The number of ether oxygens (including phenoxy) is 1. The van der Waals surface area contributed by atoms with Crippen LogP contribution in [0, 0.1) is 0 Å². The zero-order valence-corrected chi connectivity index (χ0v) is 14.1. The zero-order chi connectivity index (χ0) is 17.8. The van der Waals surface area contributed by atoms with E-state index in [9.17, 15) is 4.79 Å². The molecule has 2 heterocycles. The summed E-state index contributed by atoms with van der Waals surface area (Å²) in [6.07, 6.45) is 5.39. The molecule has 0 saturated heterocycles. The van der Waals surface area contributed by atoms with Crippen molar-refractivity contribution in [2.45, 2.75) is 13.2 Å².